The van der Waals surface area contributed by atoms with Gasteiger partial charge in [-0.2, -0.15) is 0 Å². The molecule has 0 bridgehead atoms. The molecule has 1 atom stereocenters. The molecule has 0 aliphatic carbocycles. The molecule has 2 N–H and O–H groups in total. The van der Waals surface area contributed by atoms with Crippen molar-refractivity contribution >= 4 is 0 Å². The van der Waals surface area contributed by atoms with Crippen molar-refractivity contribution in [3.8, 4) is 6.01 Å². The van der Waals surface area contributed by atoms with Crippen LogP contribution < -0.4 is 10.5 Å². The number of aromatic nitrogens is 2. The van der Waals surface area contributed by atoms with Crippen LogP contribution in [0.3, 0.4) is 0 Å². The lowest BCUT2D eigenvalue weighted by Gasteiger charge is -2.08. The molecule has 0 saturated heterocycles. The largest absolute Gasteiger partial charge is 0.459 e. The first-order valence-electron chi connectivity index (χ1n) is 3.46. The zero-order valence-corrected chi connectivity index (χ0v) is 6.40. The van der Waals surface area contributed by atoms with Crippen LogP contribution in [0.2, 0.25) is 0 Å². The highest BCUT2D eigenvalue weighted by molar-refractivity contribution is 4.93. The quantitative estimate of drug-likeness (QED) is 0.674. The molecular weight excluding hydrogens is 142 g/mol. The summed E-state index contributed by atoms with van der Waals surface area (Å²) in [6.45, 7) is 2.34. The van der Waals surface area contributed by atoms with Crippen molar-refractivity contribution in [2.24, 2.45) is 5.73 Å². The summed E-state index contributed by atoms with van der Waals surface area (Å²) in [5.41, 5.74) is 5.34. The second-order valence-electron chi connectivity index (χ2n) is 2.20. The maximum atomic E-state index is 5.34. The van der Waals surface area contributed by atoms with E-state index >= 15 is 0 Å². The second-order valence-corrected chi connectivity index (χ2v) is 2.20. The molecule has 0 saturated carbocycles. The van der Waals surface area contributed by atoms with E-state index in [0.29, 0.717) is 12.6 Å². The molecule has 4 nitrogen and oxygen atoms in total. The Labute approximate surface area is 65.4 Å². The monoisotopic (exact) mass is 153 g/mol. The van der Waals surface area contributed by atoms with Gasteiger partial charge in [-0.25, -0.2) is 9.97 Å². The molecule has 1 rings (SSSR count). The summed E-state index contributed by atoms with van der Waals surface area (Å²) in [6, 6.07) is 2.12. The molecule has 0 aliphatic rings. The molecule has 4 heteroatoms. The lowest BCUT2D eigenvalue weighted by Crippen LogP contribution is -2.23. The number of hydrogen-bond acceptors (Lipinski definition) is 4. The highest BCUT2D eigenvalue weighted by Crippen LogP contribution is 1.99. The molecule has 60 valence electrons. The summed E-state index contributed by atoms with van der Waals surface area (Å²) in [5, 5.41) is 0. The zero-order valence-electron chi connectivity index (χ0n) is 6.40. The number of nitrogens with zero attached hydrogens (tertiary/aromatic N) is 2. The van der Waals surface area contributed by atoms with Gasteiger partial charge in [0.05, 0.1) is 0 Å². The summed E-state index contributed by atoms with van der Waals surface area (Å²) in [5.74, 6) is 0. The van der Waals surface area contributed by atoms with E-state index in [1.807, 2.05) is 6.92 Å². The van der Waals surface area contributed by atoms with Crippen molar-refractivity contribution in [2.75, 3.05) is 6.54 Å². The maximum Gasteiger partial charge on any atom is 0.316 e. The third-order valence-electron chi connectivity index (χ3n) is 1.18. The van der Waals surface area contributed by atoms with Crippen molar-refractivity contribution in [3.05, 3.63) is 18.5 Å². The van der Waals surface area contributed by atoms with Crippen LogP contribution in [0.15, 0.2) is 18.5 Å². The van der Waals surface area contributed by atoms with Gasteiger partial charge in [0.25, 0.3) is 0 Å². The van der Waals surface area contributed by atoms with Crippen LogP contribution in [0.1, 0.15) is 6.92 Å². The van der Waals surface area contributed by atoms with Gasteiger partial charge in [0.15, 0.2) is 0 Å². The smallest absolute Gasteiger partial charge is 0.316 e. The highest BCUT2D eigenvalue weighted by Gasteiger charge is 2.01. The first-order valence-corrected chi connectivity index (χ1v) is 3.46. The Morgan fingerprint density at radius 1 is 1.55 bits per heavy atom. The Hall–Kier alpha value is -1.16. The minimum atomic E-state index is -0.0302. The van der Waals surface area contributed by atoms with Crippen molar-refractivity contribution < 1.29 is 4.74 Å². The molecule has 1 aromatic heterocycles. The van der Waals surface area contributed by atoms with Gasteiger partial charge >= 0.3 is 6.01 Å². The SMILES string of the molecule is C[C@@H](CN)Oc1ncccn1. The minimum absolute atomic E-state index is 0.0302. The van der Waals surface area contributed by atoms with Gasteiger partial charge in [0.2, 0.25) is 0 Å². The number of hydrogen-bond donors (Lipinski definition) is 1. The van der Waals surface area contributed by atoms with Gasteiger partial charge in [-0.05, 0) is 13.0 Å². The lowest BCUT2D eigenvalue weighted by molar-refractivity contribution is 0.210. The normalized spacial score (nSPS) is 12.5. The van der Waals surface area contributed by atoms with Crippen molar-refractivity contribution in [2.45, 2.75) is 13.0 Å². The molecule has 1 heterocycles. The molecular formula is C7H11N3O. The minimum Gasteiger partial charge on any atom is -0.459 e. The van der Waals surface area contributed by atoms with Crippen LogP contribution in [0.25, 0.3) is 0 Å². The first kappa shape index (κ1) is 7.94. The van der Waals surface area contributed by atoms with E-state index in [2.05, 4.69) is 9.97 Å². The fourth-order valence-electron chi connectivity index (χ4n) is 0.574. The molecule has 0 amide bonds. The predicted octanol–water partition coefficient (Wildman–Crippen LogP) is 0.203. The van der Waals surface area contributed by atoms with Gasteiger partial charge in [0.1, 0.15) is 6.10 Å². The third-order valence-corrected chi connectivity index (χ3v) is 1.18. The topological polar surface area (TPSA) is 61.0 Å². The Balaban J connectivity index is 2.51. The van der Waals surface area contributed by atoms with E-state index in [4.69, 9.17) is 10.5 Å². The molecule has 0 fully saturated rings. The third kappa shape index (κ3) is 2.51. The summed E-state index contributed by atoms with van der Waals surface area (Å²) in [6.07, 6.45) is 3.23. The molecule has 0 radical (unpaired) electrons. The predicted molar refractivity (Wildman–Crippen MR) is 41.2 cm³/mol. The molecule has 11 heavy (non-hydrogen) atoms. The van der Waals surface area contributed by atoms with Gasteiger partial charge in [-0.1, -0.05) is 0 Å². The molecule has 0 aromatic carbocycles. The Kier molecular flexibility index (Phi) is 2.80. The van der Waals surface area contributed by atoms with Gasteiger partial charge in [-0.3, -0.25) is 0 Å². The Bertz CT molecular complexity index is 202. The van der Waals surface area contributed by atoms with Crippen LogP contribution in [0, 0.1) is 0 Å². The van der Waals surface area contributed by atoms with E-state index in [1.54, 1.807) is 18.5 Å². The lowest BCUT2D eigenvalue weighted by atomic mass is 10.4. The van der Waals surface area contributed by atoms with Crippen molar-refractivity contribution in [1.29, 1.82) is 0 Å². The van der Waals surface area contributed by atoms with E-state index < -0.39 is 0 Å². The van der Waals surface area contributed by atoms with Crippen LogP contribution in [0.4, 0.5) is 0 Å². The van der Waals surface area contributed by atoms with Gasteiger partial charge in [-0.15, -0.1) is 0 Å². The first-order chi connectivity index (χ1) is 5.33. The highest BCUT2D eigenvalue weighted by atomic mass is 16.5. The number of nitrogens with two attached hydrogens (primary N) is 1. The fourth-order valence-corrected chi connectivity index (χ4v) is 0.574. The van der Waals surface area contributed by atoms with Crippen LogP contribution in [-0.4, -0.2) is 22.6 Å². The zero-order chi connectivity index (χ0) is 8.10. The maximum absolute atomic E-state index is 5.34. The van der Waals surface area contributed by atoms with Crippen molar-refractivity contribution in [3.63, 3.8) is 0 Å². The van der Waals surface area contributed by atoms with Crippen LogP contribution >= 0.6 is 0 Å². The van der Waals surface area contributed by atoms with Gasteiger partial charge < -0.3 is 10.5 Å². The van der Waals surface area contributed by atoms with Crippen LogP contribution in [0.5, 0.6) is 6.01 Å². The average molecular weight is 153 g/mol. The van der Waals surface area contributed by atoms with E-state index in [1.165, 1.54) is 0 Å². The Morgan fingerprint density at radius 2 is 2.18 bits per heavy atom. The molecule has 0 aliphatic heterocycles. The standard InChI is InChI=1S/C7H11N3O/c1-6(5-8)11-7-9-3-2-4-10-7/h2-4,6H,5,8H2,1H3/t6-/m0/s1. The molecule has 1 aromatic rings. The van der Waals surface area contributed by atoms with E-state index in [9.17, 15) is 0 Å². The van der Waals surface area contributed by atoms with Crippen LogP contribution in [-0.2, 0) is 0 Å². The fraction of sp³-hybridized carbons (Fsp3) is 0.429. The average Bonchev–Trinajstić information content (AvgIpc) is 2.06. The van der Waals surface area contributed by atoms with E-state index in [-0.39, 0.29) is 6.10 Å². The Morgan fingerprint density at radius 3 is 2.73 bits per heavy atom. The summed E-state index contributed by atoms with van der Waals surface area (Å²) in [4.78, 5) is 7.76. The van der Waals surface area contributed by atoms with E-state index in [0.717, 1.165) is 0 Å². The number of rotatable bonds is 3. The molecule has 0 unspecified atom stereocenters. The summed E-state index contributed by atoms with van der Waals surface area (Å²) < 4.78 is 5.22. The van der Waals surface area contributed by atoms with Crippen molar-refractivity contribution in [1.82, 2.24) is 9.97 Å². The second kappa shape index (κ2) is 3.88. The summed E-state index contributed by atoms with van der Waals surface area (Å²) >= 11 is 0. The van der Waals surface area contributed by atoms with Gasteiger partial charge in [0, 0.05) is 18.9 Å². The summed E-state index contributed by atoms with van der Waals surface area (Å²) in [7, 11) is 0. The molecule has 0 spiro atoms. The number of ether oxygens (including phenoxy) is 1.